The zero-order valence-corrected chi connectivity index (χ0v) is 8.60. The highest BCUT2D eigenvalue weighted by molar-refractivity contribution is 4.93. The summed E-state index contributed by atoms with van der Waals surface area (Å²) in [6.07, 6.45) is -1.28. The zero-order valence-electron chi connectivity index (χ0n) is 8.60. The normalized spacial score (nSPS) is 45.4. The second-order valence-electron chi connectivity index (χ2n) is 4.03. The summed E-state index contributed by atoms with van der Waals surface area (Å²) in [6, 6.07) is 0. The van der Waals surface area contributed by atoms with E-state index < -0.39 is 12.1 Å². The van der Waals surface area contributed by atoms with Gasteiger partial charge in [0.25, 0.3) is 0 Å². The molecular formula is C9H16O5. The quantitative estimate of drug-likeness (QED) is 0.679. The molecular weight excluding hydrogens is 188 g/mol. The molecule has 0 amide bonds. The molecule has 82 valence electrons. The van der Waals surface area contributed by atoms with Crippen LogP contribution in [0.2, 0.25) is 0 Å². The van der Waals surface area contributed by atoms with E-state index in [1.54, 1.807) is 7.11 Å². The Kier molecular flexibility index (Phi) is 2.53. The fraction of sp³-hybridized carbons (Fsp3) is 1.00. The van der Waals surface area contributed by atoms with Crippen LogP contribution in [-0.2, 0) is 18.9 Å². The predicted molar refractivity (Wildman–Crippen MR) is 46.6 cm³/mol. The monoisotopic (exact) mass is 204 g/mol. The number of fused-ring (bicyclic) bond motifs is 1. The lowest BCUT2D eigenvalue weighted by Gasteiger charge is -2.23. The van der Waals surface area contributed by atoms with E-state index in [9.17, 15) is 0 Å². The van der Waals surface area contributed by atoms with Gasteiger partial charge in [-0.05, 0) is 13.8 Å². The van der Waals surface area contributed by atoms with Crippen LogP contribution in [0.4, 0.5) is 0 Å². The second kappa shape index (κ2) is 3.43. The van der Waals surface area contributed by atoms with Gasteiger partial charge in [-0.15, -0.1) is 0 Å². The highest BCUT2D eigenvalue weighted by Gasteiger charge is 2.54. The molecule has 2 aliphatic heterocycles. The van der Waals surface area contributed by atoms with Crippen LogP contribution >= 0.6 is 0 Å². The average molecular weight is 204 g/mol. The first-order valence-electron chi connectivity index (χ1n) is 4.72. The van der Waals surface area contributed by atoms with Gasteiger partial charge in [0.15, 0.2) is 12.1 Å². The van der Waals surface area contributed by atoms with Crippen molar-refractivity contribution in [2.75, 3.05) is 13.7 Å². The minimum absolute atomic E-state index is 0.0847. The molecule has 0 saturated carbocycles. The van der Waals surface area contributed by atoms with Crippen LogP contribution in [0.25, 0.3) is 0 Å². The molecule has 0 radical (unpaired) electrons. The third kappa shape index (κ3) is 1.55. The molecule has 2 saturated heterocycles. The topological polar surface area (TPSA) is 57.2 Å². The molecule has 0 aliphatic carbocycles. The fourth-order valence-corrected chi connectivity index (χ4v) is 1.98. The summed E-state index contributed by atoms with van der Waals surface area (Å²) in [7, 11) is 1.58. The Morgan fingerprint density at radius 3 is 2.64 bits per heavy atom. The number of aliphatic hydroxyl groups excluding tert-OH is 1. The molecule has 14 heavy (non-hydrogen) atoms. The first-order chi connectivity index (χ1) is 6.57. The van der Waals surface area contributed by atoms with Gasteiger partial charge in [-0.2, -0.15) is 0 Å². The van der Waals surface area contributed by atoms with Crippen molar-refractivity contribution in [3.05, 3.63) is 0 Å². The van der Waals surface area contributed by atoms with Crippen molar-refractivity contribution in [2.45, 2.75) is 44.2 Å². The van der Waals surface area contributed by atoms with Crippen molar-refractivity contribution in [1.29, 1.82) is 0 Å². The minimum Gasteiger partial charge on any atom is -0.394 e. The molecule has 1 unspecified atom stereocenters. The van der Waals surface area contributed by atoms with E-state index in [2.05, 4.69) is 0 Å². The van der Waals surface area contributed by atoms with Gasteiger partial charge in [0.2, 0.25) is 0 Å². The summed E-state index contributed by atoms with van der Waals surface area (Å²) in [5.74, 6) is -0.632. The Morgan fingerprint density at radius 2 is 2.07 bits per heavy atom. The third-order valence-electron chi connectivity index (χ3n) is 2.54. The number of rotatable bonds is 2. The van der Waals surface area contributed by atoms with Crippen molar-refractivity contribution >= 4 is 0 Å². The van der Waals surface area contributed by atoms with E-state index in [0.29, 0.717) is 0 Å². The van der Waals surface area contributed by atoms with Crippen molar-refractivity contribution in [3.8, 4) is 0 Å². The Balaban J connectivity index is 2.09. The van der Waals surface area contributed by atoms with Gasteiger partial charge in [0.05, 0.1) is 6.61 Å². The minimum atomic E-state index is -0.632. The molecule has 2 heterocycles. The number of aliphatic hydroxyl groups is 1. The lowest BCUT2D eigenvalue weighted by atomic mass is 10.1. The molecule has 1 N–H and O–H groups in total. The summed E-state index contributed by atoms with van der Waals surface area (Å²) < 4.78 is 21.8. The summed E-state index contributed by atoms with van der Waals surface area (Å²) >= 11 is 0. The van der Waals surface area contributed by atoms with Gasteiger partial charge >= 0.3 is 0 Å². The van der Waals surface area contributed by atoms with Crippen LogP contribution in [-0.4, -0.2) is 49.2 Å². The van der Waals surface area contributed by atoms with Crippen LogP contribution in [0.5, 0.6) is 0 Å². The van der Waals surface area contributed by atoms with Crippen LogP contribution in [0, 0.1) is 0 Å². The SMILES string of the molecule is COC1[C@H]2OC(C)(C)O[C@H]2O[C@@H]1CO. The van der Waals surface area contributed by atoms with E-state index in [0.717, 1.165) is 0 Å². The maximum Gasteiger partial charge on any atom is 0.190 e. The van der Waals surface area contributed by atoms with Gasteiger partial charge < -0.3 is 24.1 Å². The second-order valence-corrected chi connectivity index (χ2v) is 4.03. The van der Waals surface area contributed by atoms with E-state index in [1.165, 1.54) is 0 Å². The standard InChI is InChI=1S/C9H16O5/c1-9(2)13-7-6(11-3)5(4-10)12-8(7)14-9/h5-8,10H,4H2,1-3H3/t5-,6?,7-,8-/m1/s1. The van der Waals surface area contributed by atoms with Crippen LogP contribution in [0.15, 0.2) is 0 Å². The van der Waals surface area contributed by atoms with Gasteiger partial charge in [-0.3, -0.25) is 0 Å². The number of hydrogen-bond acceptors (Lipinski definition) is 5. The highest BCUT2D eigenvalue weighted by Crippen LogP contribution is 2.38. The predicted octanol–water partition coefficient (Wildman–Crippen LogP) is -0.130. The Bertz CT molecular complexity index is 217. The molecule has 0 aromatic carbocycles. The van der Waals surface area contributed by atoms with Crippen LogP contribution < -0.4 is 0 Å². The van der Waals surface area contributed by atoms with Crippen molar-refractivity contribution < 1.29 is 24.1 Å². The zero-order chi connectivity index (χ0) is 10.3. The lowest BCUT2D eigenvalue weighted by molar-refractivity contribution is -0.220. The summed E-state index contributed by atoms with van der Waals surface area (Å²) in [4.78, 5) is 0. The van der Waals surface area contributed by atoms with Gasteiger partial charge in [0.1, 0.15) is 18.3 Å². The number of ether oxygens (including phenoxy) is 4. The lowest BCUT2D eigenvalue weighted by Crippen LogP contribution is -2.37. The molecule has 4 atom stereocenters. The highest BCUT2D eigenvalue weighted by atomic mass is 16.8. The molecule has 2 fully saturated rings. The molecule has 2 rings (SSSR count). The van der Waals surface area contributed by atoms with E-state index in [4.69, 9.17) is 24.1 Å². The van der Waals surface area contributed by atoms with Crippen molar-refractivity contribution in [2.24, 2.45) is 0 Å². The van der Waals surface area contributed by atoms with E-state index in [-0.39, 0.29) is 24.9 Å². The molecule has 0 bridgehead atoms. The van der Waals surface area contributed by atoms with Crippen LogP contribution in [0.3, 0.4) is 0 Å². The number of hydrogen-bond donors (Lipinski definition) is 1. The van der Waals surface area contributed by atoms with Crippen molar-refractivity contribution in [1.82, 2.24) is 0 Å². The Morgan fingerprint density at radius 1 is 1.36 bits per heavy atom. The maximum atomic E-state index is 9.04. The molecule has 2 aliphatic rings. The van der Waals surface area contributed by atoms with Gasteiger partial charge in [-0.1, -0.05) is 0 Å². The van der Waals surface area contributed by atoms with Crippen LogP contribution in [0.1, 0.15) is 13.8 Å². The molecule has 0 aromatic rings. The molecule has 0 spiro atoms. The van der Waals surface area contributed by atoms with Gasteiger partial charge in [0, 0.05) is 7.11 Å². The maximum absolute atomic E-state index is 9.04. The largest absolute Gasteiger partial charge is 0.394 e. The Labute approximate surface area is 82.9 Å². The summed E-state index contributed by atoms with van der Waals surface area (Å²) in [6.45, 7) is 3.57. The smallest absolute Gasteiger partial charge is 0.190 e. The fourth-order valence-electron chi connectivity index (χ4n) is 1.98. The third-order valence-corrected chi connectivity index (χ3v) is 2.54. The molecule has 5 nitrogen and oxygen atoms in total. The molecule has 5 heteroatoms. The van der Waals surface area contributed by atoms with E-state index >= 15 is 0 Å². The summed E-state index contributed by atoms with van der Waals surface area (Å²) in [5, 5.41) is 9.04. The average Bonchev–Trinajstić information content (AvgIpc) is 2.55. The van der Waals surface area contributed by atoms with Crippen molar-refractivity contribution in [3.63, 3.8) is 0 Å². The molecule has 0 aromatic heterocycles. The van der Waals surface area contributed by atoms with E-state index in [1.807, 2.05) is 13.8 Å². The van der Waals surface area contributed by atoms with Gasteiger partial charge in [-0.25, -0.2) is 0 Å². The first-order valence-corrected chi connectivity index (χ1v) is 4.72. The number of methoxy groups -OCH3 is 1. The summed E-state index contributed by atoms with van der Waals surface area (Å²) in [5.41, 5.74) is 0. The Hall–Kier alpha value is -0.200. The first kappa shape index (κ1) is 10.3.